The summed E-state index contributed by atoms with van der Waals surface area (Å²) in [4.78, 5) is 181. The molecule has 0 saturated heterocycles. The van der Waals surface area contributed by atoms with Crippen LogP contribution in [0.2, 0.25) is 0 Å². The predicted molar refractivity (Wildman–Crippen MR) is 494 cm³/mol. The molecule has 0 spiro atoms. The Hall–Kier alpha value is -13.4. The minimum absolute atomic E-state index is 0.000312. The molecule has 7 amide bonds. The van der Waals surface area contributed by atoms with Crippen LogP contribution in [0.1, 0.15) is 178 Å². The van der Waals surface area contributed by atoms with Crippen molar-refractivity contribution in [2.75, 3.05) is 66.9 Å². The zero-order valence-corrected chi connectivity index (χ0v) is 75.3. The van der Waals surface area contributed by atoms with Crippen molar-refractivity contribution in [1.29, 1.82) is 0 Å². The quantitative estimate of drug-likeness (QED) is 0.0136. The number of aromatic hydroxyl groups is 1. The number of para-hydroxylation sites is 3. The minimum Gasteiger partial charge on any atom is -0.504 e. The van der Waals surface area contributed by atoms with Gasteiger partial charge in [-0.1, -0.05) is 92.5 Å². The number of anilines is 5. The number of phenolic OH excluding ortho intramolecular Hbond substituents is 1. The highest BCUT2D eigenvalue weighted by Gasteiger charge is 2.40. The third-order valence-electron chi connectivity index (χ3n) is 22.3. The predicted octanol–water partition coefficient (Wildman–Crippen LogP) is 14.9. The molecule has 0 saturated carbocycles. The van der Waals surface area contributed by atoms with Gasteiger partial charge in [-0.3, -0.25) is 92.0 Å². The Kier molecular flexibility index (Phi) is 33.3. The van der Waals surface area contributed by atoms with E-state index in [1.54, 1.807) is 69.6 Å². The van der Waals surface area contributed by atoms with E-state index in [1.165, 1.54) is 34.5 Å². The van der Waals surface area contributed by atoms with E-state index in [0.717, 1.165) is 56.9 Å². The maximum atomic E-state index is 14.0. The van der Waals surface area contributed by atoms with Crippen molar-refractivity contribution >= 4 is 172 Å². The molecule has 0 aliphatic carbocycles. The highest BCUT2D eigenvalue weighted by Crippen LogP contribution is 2.45. The lowest BCUT2D eigenvalue weighted by atomic mass is 10.1. The summed E-state index contributed by atoms with van der Waals surface area (Å²) >= 11 is 6.80. The normalized spacial score (nSPS) is 14.8. The number of phenols is 1. The number of rotatable bonds is 38. The molecule has 8 aromatic rings. The van der Waals surface area contributed by atoms with Crippen LogP contribution < -0.4 is 54.9 Å². The maximum absolute atomic E-state index is 14.0. The zero-order valence-electron chi connectivity index (χ0n) is 72.1. The van der Waals surface area contributed by atoms with Crippen molar-refractivity contribution in [3.8, 4) is 28.7 Å². The molecule has 0 bridgehead atoms. The number of aryl methyl sites for hydroxylation is 1. The number of carbonyl (C=O) groups excluding carboxylic acids is 13. The van der Waals surface area contributed by atoms with Crippen molar-refractivity contribution in [3.63, 3.8) is 0 Å². The Morgan fingerprint density at radius 2 is 0.752 bits per heavy atom. The highest BCUT2D eigenvalue weighted by molar-refractivity contribution is 9.08. The monoisotopic (exact) mass is 1880 g/mol. The second-order valence-electron chi connectivity index (χ2n) is 31.5. The van der Waals surface area contributed by atoms with Crippen molar-refractivity contribution < 1.29 is 95.9 Å². The number of nitrogens with zero attached hydrogens (tertiary/aromatic N) is 6. The van der Waals surface area contributed by atoms with Crippen LogP contribution in [-0.2, 0) is 101 Å². The lowest BCUT2D eigenvalue weighted by Gasteiger charge is -2.22. The van der Waals surface area contributed by atoms with Gasteiger partial charge in [0.05, 0.1) is 93.4 Å². The maximum Gasteiger partial charge on any atom is 0.305 e. The molecule has 3 atom stereocenters. The number of nitrogens with one attached hydrogen (secondary N) is 4. The number of carbonyl (C=O) groups is 13. The fraction of sp³-hybridized carbons (Fsp3) is 0.340. The molecule has 32 heteroatoms. The number of hydrogen-bond acceptors (Lipinski definition) is 23. The SMILES string of the molecule is COC(=O)CCCCC(=O)CCC(=O)NCC(=O)CCC(=O)Nc1cc(CBr)cc(CBr)c1.COC(=O)CCCCC(=O)CCC(=O)NCC(=O)CCC(=O)Nc1cc(COc2cc3c(cc2C)C(=O)N2c4ccccc4C[C@H]2C=N3)cc(COc2cc3c(cc2OC)C(=O)N2c4ccccc4C[C@H]2C=N3)c1.COc1cc2c(cc1O)N=C[C@@H]1Cc3ccccc3N1C2=O. The Morgan fingerprint density at radius 1 is 0.395 bits per heavy atom. The van der Waals surface area contributed by atoms with Crippen LogP contribution in [0.5, 0.6) is 28.7 Å². The molecule has 129 heavy (non-hydrogen) atoms. The molecule has 0 aromatic heterocycles. The molecule has 6 aliphatic rings. The van der Waals surface area contributed by atoms with E-state index in [1.807, 2.05) is 110 Å². The van der Waals surface area contributed by atoms with Gasteiger partial charge in [-0.2, -0.15) is 0 Å². The number of unbranched alkanes of at least 4 members (excludes halogenated alkanes) is 2. The first-order valence-corrected chi connectivity index (χ1v) is 44.7. The van der Waals surface area contributed by atoms with Gasteiger partial charge in [-0.15, -0.1) is 0 Å². The number of halogens is 2. The summed E-state index contributed by atoms with van der Waals surface area (Å²) in [5.41, 5.74) is 13.8. The minimum atomic E-state index is -0.454. The summed E-state index contributed by atoms with van der Waals surface area (Å²) in [6, 6.07) is 44.0. The van der Waals surface area contributed by atoms with E-state index < -0.39 is 11.8 Å². The van der Waals surface area contributed by atoms with E-state index in [9.17, 15) is 67.4 Å². The van der Waals surface area contributed by atoms with Crippen molar-refractivity contribution in [3.05, 3.63) is 207 Å². The molecule has 6 aliphatic heterocycles. The molecule has 14 rings (SSSR count). The second-order valence-corrected chi connectivity index (χ2v) is 32.7. The number of ether oxygens (including phenoxy) is 6. The van der Waals surface area contributed by atoms with E-state index in [0.29, 0.717) is 129 Å². The van der Waals surface area contributed by atoms with Crippen LogP contribution in [0.15, 0.2) is 161 Å². The number of methoxy groups -OCH3 is 4. The van der Waals surface area contributed by atoms with Crippen LogP contribution in [0.3, 0.4) is 0 Å². The van der Waals surface area contributed by atoms with Crippen LogP contribution >= 0.6 is 31.9 Å². The second kappa shape index (κ2) is 45.4. The first-order valence-electron chi connectivity index (χ1n) is 42.4. The largest absolute Gasteiger partial charge is 0.504 e. The molecule has 0 radical (unpaired) electrons. The number of aliphatic imine (C=N–C) groups is 3. The van der Waals surface area contributed by atoms with E-state index in [-0.39, 0.29) is 191 Å². The first-order chi connectivity index (χ1) is 62.3. The molecular formula is C97H100Br2N10O20. The van der Waals surface area contributed by atoms with Crippen molar-refractivity contribution in [2.45, 2.75) is 171 Å². The molecule has 8 aromatic carbocycles. The number of Topliss-reactive ketones (excluding diaryl/α,β-unsaturated/α-hetero) is 4. The van der Waals surface area contributed by atoms with Gasteiger partial charge in [0.15, 0.2) is 34.6 Å². The summed E-state index contributed by atoms with van der Waals surface area (Å²) in [5, 5.41) is 21.9. The topological polar surface area (TPSA) is 392 Å². The van der Waals surface area contributed by atoms with Gasteiger partial charge in [0, 0.05) is 172 Å². The van der Waals surface area contributed by atoms with Crippen molar-refractivity contribution in [1.82, 2.24) is 10.6 Å². The zero-order chi connectivity index (χ0) is 91.8. The lowest BCUT2D eigenvalue weighted by molar-refractivity contribution is -0.141. The molecule has 5 N–H and O–H groups in total. The van der Waals surface area contributed by atoms with Crippen LogP contribution in [0.4, 0.5) is 45.5 Å². The van der Waals surface area contributed by atoms with Gasteiger partial charge in [-0.25, -0.2) is 0 Å². The molecular weight excluding hydrogens is 1780 g/mol. The molecule has 0 fully saturated rings. The van der Waals surface area contributed by atoms with E-state index >= 15 is 0 Å². The Bertz CT molecular complexity index is 5710. The number of benzene rings is 8. The summed E-state index contributed by atoms with van der Waals surface area (Å²) in [6.45, 7) is 1.45. The average Bonchev–Trinajstić information content (AvgIpc) is 1.63. The third-order valence-corrected chi connectivity index (χ3v) is 23.6. The number of fused-ring (bicyclic) bond motifs is 12. The third kappa shape index (κ3) is 25.1. The van der Waals surface area contributed by atoms with Gasteiger partial charge in [0.1, 0.15) is 30.5 Å². The number of amides is 7. The Morgan fingerprint density at radius 3 is 1.17 bits per heavy atom. The summed E-state index contributed by atoms with van der Waals surface area (Å²) in [7, 11) is 5.58. The summed E-state index contributed by atoms with van der Waals surface area (Å²) in [6.07, 6.45) is 10.4. The Balaban J connectivity index is 0.000000223. The van der Waals surface area contributed by atoms with Crippen LogP contribution in [0.25, 0.3) is 0 Å². The van der Waals surface area contributed by atoms with Crippen LogP contribution in [0, 0.1) is 6.92 Å². The highest BCUT2D eigenvalue weighted by atomic mass is 79.9. The fourth-order valence-electron chi connectivity index (χ4n) is 15.6. The summed E-state index contributed by atoms with van der Waals surface area (Å²) < 4.78 is 32.8. The van der Waals surface area contributed by atoms with Gasteiger partial charge < -0.3 is 54.8 Å². The first kappa shape index (κ1) is 94.8. The number of ketones is 4. The van der Waals surface area contributed by atoms with E-state index in [4.69, 9.17) is 28.9 Å². The van der Waals surface area contributed by atoms with Gasteiger partial charge in [0.2, 0.25) is 23.6 Å². The van der Waals surface area contributed by atoms with Crippen LogP contribution in [-0.4, -0.2) is 160 Å². The number of hydrogen-bond donors (Lipinski definition) is 5. The standard InChI is InChI=1S/C57H56N6O11.C23H30Br2N2O6.C17H14N2O3/c1-34-20-44-46(58-29-40-24-37-10-4-7-13-48(37)62(40)56(44)69)27-50(34)73-32-35-21-36(23-39(22-35)61-54(67)19-17-43(65)31-60-53(66)18-16-42(64)12-6-9-15-55(68)72-3)33-74-52-28-47-45(26-51(52)71-2)57(70)63-41(30-59-47)25-38-11-5-8-14-49(38)63;1-33-23(32)5-3-2-4-19(28)6-8-21(30)26-15-20(29)7-9-22(31)27-18-11-16(13-24)10-17(12-18)14-25;1-22-16-7-12-13(8-15(16)20)18-9-11-6-10-4-2-3-5-14(10)19(11)17(12)21/h4-5,7-8,10-11,13-14,20-23,26-30,40-41H,6,9,12,15-19,24-25,31-33H2,1-3H3,(H,60,66)(H,61,67);10-12H,2-9,13-15H2,1H3,(H,26,30)(H,27,31);2-5,7-9,11,20H,6H2,1H3/t40-,41-;;11-/m0.0/s1. The van der Waals surface area contributed by atoms with Gasteiger partial charge >= 0.3 is 11.9 Å². The summed E-state index contributed by atoms with van der Waals surface area (Å²) in [5.74, 6) is -2.04. The van der Waals surface area contributed by atoms with Gasteiger partial charge in [0.25, 0.3) is 17.7 Å². The van der Waals surface area contributed by atoms with E-state index in [2.05, 4.69) is 67.6 Å². The smallest absolute Gasteiger partial charge is 0.305 e. The Labute approximate surface area is 762 Å². The molecule has 672 valence electrons. The fourth-order valence-corrected chi connectivity index (χ4v) is 16.3. The number of esters is 2. The van der Waals surface area contributed by atoms with Gasteiger partial charge in [-0.05, 0) is 144 Å². The number of alkyl halides is 2. The average molecular weight is 1890 g/mol. The molecule has 6 heterocycles. The lowest BCUT2D eigenvalue weighted by Crippen LogP contribution is -2.37. The molecule has 30 nitrogen and oxygen atoms in total. The van der Waals surface area contributed by atoms with Crippen molar-refractivity contribution in [2.24, 2.45) is 15.0 Å². The molecule has 0 unspecified atom stereocenters.